The third kappa shape index (κ3) is 4.51. The molecule has 140 valence electrons. The molecule has 1 aromatic carbocycles. The van der Waals surface area contributed by atoms with E-state index in [1.165, 1.54) is 16.8 Å². The third-order valence-corrected chi connectivity index (χ3v) is 4.30. The number of anilines is 1. The van der Waals surface area contributed by atoms with Crippen molar-refractivity contribution >= 4 is 41.0 Å². The van der Waals surface area contributed by atoms with E-state index in [1.807, 2.05) is 6.92 Å². The molecule has 0 aromatic heterocycles. The van der Waals surface area contributed by atoms with E-state index in [2.05, 4.69) is 5.32 Å². The Bertz CT molecular complexity index is 752. The van der Waals surface area contributed by atoms with Gasteiger partial charge in [0.15, 0.2) is 0 Å². The van der Waals surface area contributed by atoms with Crippen LogP contribution in [0.5, 0.6) is 0 Å². The van der Waals surface area contributed by atoms with E-state index in [0.29, 0.717) is 10.7 Å². The van der Waals surface area contributed by atoms with E-state index < -0.39 is 17.8 Å². The number of urea groups is 1. The number of hydrogen-bond donors (Lipinski definition) is 1. The van der Waals surface area contributed by atoms with E-state index in [9.17, 15) is 19.2 Å². The molecule has 1 aliphatic heterocycles. The maximum Gasteiger partial charge on any atom is 0.327 e. The van der Waals surface area contributed by atoms with Crippen LogP contribution in [0.3, 0.4) is 0 Å². The van der Waals surface area contributed by atoms with Crippen molar-refractivity contribution in [1.29, 1.82) is 0 Å². The van der Waals surface area contributed by atoms with Gasteiger partial charge in [0.05, 0.1) is 6.54 Å². The molecule has 1 aliphatic rings. The predicted molar refractivity (Wildman–Crippen MR) is 96.8 cm³/mol. The van der Waals surface area contributed by atoms with Crippen molar-refractivity contribution in [2.45, 2.75) is 13.8 Å². The standard InChI is InChI=1S/C17H21ClN4O4/c1-4-21(15(24)10-22-16(25)9-20(3)17(22)26)8-14(23)19-13-7-12(18)6-5-11(13)2/h5-7H,4,8-10H2,1-3H3,(H,19,23). The Kier molecular flexibility index (Phi) is 6.20. The Balaban J connectivity index is 1.98. The van der Waals surface area contributed by atoms with Crippen LogP contribution in [0.4, 0.5) is 10.5 Å². The van der Waals surface area contributed by atoms with Crippen molar-refractivity contribution in [2.75, 3.05) is 38.5 Å². The van der Waals surface area contributed by atoms with Gasteiger partial charge < -0.3 is 15.1 Å². The number of nitrogens with zero attached hydrogens (tertiary/aromatic N) is 3. The summed E-state index contributed by atoms with van der Waals surface area (Å²) in [5.74, 6) is -1.29. The summed E-state index contributed by atoms with van der Waals surface area (Å²) >= 11 is 5.93. The largest absolute Gasteiger partial charge is 0.332 e. The molecule has 1 aromatic rings. The number of halogens is 1. The lowest BCUT2D eigenvalue weighted by molar-refractivity contribution is -0.138. The van der Waals surface area contributed by atoms with Gasteiger partial charge in [0, 0.05) is 24.3 Å². The molecule has 9 heteroatoms. The minimum absolute atomic E-state index is 0.0488. The van der Waals surface area contributed by atoms with Crippen LogP contribution in [0.1, 0.15) is 12.5 Å². The average molecular weight is 381 g/mol. The number of nitrogens with one attached hydrogen (secondary N) is 1. The SMILES string of the molecule is CCN(CC(=O)Nc1cc(Cl)ccc1C)C(=O)CN1C(=O)CN(C)C1=O. The first kappa shape index (κ1) is 19.7. The van der Waals surface area contributed by atoms with Gasteiger partial charge in [-0.15, -0.1) is 0 Å². The highest BCUT2D eigenvalue weighted by Gasteiger charge is 2.35. The lowest BCUT2D eigenvalue weighted by atomic mass is 10.2. The Hall–Kier alpha value is -2.61. The van der Waals surface area contributed by atoms with Gasteiger partial charge in [-0.05, 0) is 31.5 Å². The fourth-order valence-corrected chi connectivity index (χ4v) is 2.70. The quantitative estimate of drug-likeness (QED) is 0.754. The molecule has 1 N–H and O–H groups in total. The Morgan fingerprint density at radius 2 is 2.00 bits per heavy atom. The number of carbonyl (C=O) groups excluding carboxylic acids is 4. The van der Waals surface area contributed by atoms with Gasteiger partial charge in [-0.25, -0.2) is 4.79 Å². The number of rotatable bonds is 6. The maximum absolute atomic E-state index is 12.4. The zero-order valence-electron chi connectivity index (χ0n) is 14.9. The van der Waals surface area contributed by atoms with Crippen molar-refractivity contribution in [2.24, 2.45) is 0 Å². The number of carbonyl (C=O) groups is 4. The van der Waals surface area contributed by atoms with E-state index in [1.54, 1.807) is 25.1 Å². The van der Waals surface area contributed by atoms with Crippen molar-refractivity contribution in [3.63, 3.8) is 0 Å². The molecule has 0 spiro atoms. The second-order valence-corrected chi connectivity index (χ2v) is 6.47. The zero-order chi connectivity index (χ0) is 19.4. The first-order valence-electron chi connectivity index (χ1n) is 8.12. The van der Waals surface area contributed by atoms with Crippen molar-refractivity contribution in [3.8, 4) is 0 Å². The molecule has 1 heterocycles. The van der Waals surface area contributed by atoms with Crippen LogP contribution in [-0.2, 0) is 14.4 Å². The molecule has 0 bridgehead atoms. The maximum atomic E-state index is 12.4. The Morgan fingerprint density at radius 3 is 2.58 bits per heavy atom. The van der Waals surface area contributed by atoms with Crippen LogP contribution in [-0.4, -0.2) is 71.7 Å². The average Bonchev–Trinajstić information content (AvgIpc) is 2.82. The summed E-state index contributed by atoms with van der Waals surface area (Å²) in [6.45, 7) is 3.21. The van der Waals surface area contributed by atoms with Crippen LogP contribution in [0.15, 0.2) is 18.2 Å². The van der Waals surface area contributed by atoms with E-state index >= 15 is 0 Å². The predicted octanol–water partition coefficient (Wildman–Crippen LogP) is 1.33. The van der Waals surface area contributed by atoms with Crippen LogP contribution in [0.2, 0.25) is 5.02 Å². The molecule has 5 amide bonds. The Labute approximate surface area is 156 Å². The normalized spacial score (nSPS) is 14.0. The fraction of sp³-hybridized carbons (Fsp3) is 0.412. The smallest absolute Gasteiger partial charge is 0.327 e. The van der Waals surface area contributed by atoms with E-state index in [-0.39, 0.29) is 32.1 Å². The number of imide groups is 1. The van der Waals surface area contributed by atoms with Gasteiger partial charge in [0.2, 0.25) is 11.8 Å². The van der Waals surface area contributed by atoms with Crippen LogP contribution >= 0.6 is 11.6 Å². The highest BCUT2D eigenvalue weighted by molar-refractivity contribution is 6.31. The molecule has 0 unspecified atom stereocenters. The molecule has 0 saturated carbocycles. The van der Waals surface area contributed by atoms with Gasteiger partial charge in [-0.3, -0.25) is 19.3 Å². The van der Waals surface area contributed by atoms with Gasteiger partial charge in [-0.1, -0.05) is 17.7 Å². The summed E-state index contributed by atoms with van der Waals surface area (Å²) in [5.41, 5.74) is 1.41. The minimum atomic E-state index is -0.515. The first-order valence-corrected chi connectivity index (χ1v) is 8.50. The monoisotopic (exact) mass is 380 g/mol. The summed E-state index contributed by atoms with van der Waals surface area (Å²) in [5, 5.41) is 3.21. The number of hydrogen-bond acceptors (Lipinski definition) is 4. The van der Waals surface area contributed by atoms with Crippen molar-refractivity contribution in [1.82, 2.24) is 14.7 Å². The van der Waals surface area contributed by atoms with Gasteiger partial charge in [0.25, 0.3) is 5.91 Å². The Morgan fingerprint density at radius 1 is 1.31 bits per heavy atom. The molecule has 26 heavy (non-hydrogen) atoms. The molecule has 1 fully saturated rings. The highest BCUT2D eigenvalue weighted by atomic mass is 35.5. The molecule has 0 aliphatic carbocycles. The second kappa shape index (κ2) is 8.18. The molecular weight excluding hydrogens is 360 g/mol. The lowest BCUT2D eigenvalue weighted by Crippen LogP contribution is -2.45. The number of benzene rings is 1. The lowest BCUT2D eigenvalue weighted by Gasteiger charge is -2.23. The van der Waals surface area contributed by atoms with Crippen LogP contribution in [0.25, 0.3) is 0 Å². The summed E-state index contributed by atoms with van der Waals surface area (Å²) < 4.78 is 0. The van der Waals surface area contributed by atoms with Gasteiger partial charge in [-0.2, -0.15) is 0 Å². The topological polar surface area (TPSA) is 90.0 Å². The summed E-state index contributed by atoms with van der Waals surface area (Å²) in [6.07, 6.45) is 0. The fourth-order valence-electron chi connectivity index (χ4n) is 2.53. The molecular formula is C17H21ClN4O4. The summed E-state index contributed by atoms with van der Waals surface area (Å²) in [6, 6.07) is 4.61. The number of likely N-dealkylation sites (N-methyl/N-ethyl adjacent to an activating group) is 2. The second-order valence-electron chi connectivity index (χ2n) is 6.03. The molecule has 0 radical (unpaired) electrons. The van der Waals surface area contributed by atoms with Gasteiger partial charge >= 0.3 is 6.03 Å². The molecule has 0 atom stereocenters. The summed E-state index contributed by atoms with van der Waals surface area (Å²) in [4.78, 5) is 51.7. The van der Waals surface area contributed by atoms with Gasteiger partial charge in [0.1, 0.15) is 13.1 Å². The van der Waals surface area contributed by atoms with Crippen LogP contribution < -0.4 is 5.32 Å². The van der Waals surface area contributed by atoms with Crippen molar-refractivity contribution < 1.29 is 19.2 Å². The number of aryl methyl sites for hydroxylation is 1. The third-order valence-electron chi connectivity index (χ3n) is 4.07. The molecule has 1 saturated heterocycles. The minimum Gasteiger partial charge on any atom is -0.332 e. The first-order chi connectivity index (χ1) is 12.2. The number of amides is 5. The van der Waals surface area contributed by atoms with E-state index in [0.717, 1.165) is 10.5 Å². The molecule has 2 rings (SSSR count). The highest BCUT2D eigenvalue weighted by Crippen LogP contribution is 2.20. The van der Waals surface area contributed by atoms with Crippen LogP contribution in [0, 0.1) is 6.92 Å². The zero-order valence-corrected chi connectivity index (χ0v) is 15.7. The van der Waals surface area contributed by atoms with Crippen molar-refractivity contribution in [3.05, 3.63) is 28.8 Å². The molecule has 8 nitrogen and oxygen atoms in total. The summed E-state index contributed by atoms with van der Waals surface area (Å²) in [7, 11) is 1.49. The van der Waals surface area contributed by atoms with E-state index in [4.69, 9.17) is 11.6 Å².